The van der Waals surface area contributed by atoms with Crippen molar-refractivity contribution in [2.24, 2.45) is 0 Å². The quantitative estimate of drug-likeness (QED) is 0.614. The number of nitro groups is 1. The molecule has 21 heavy (non-hydrogen) atoms. The summed E-state index contributed by atoms with van der Waals surface area (Å²) in [5.74, 6) is -0.0478. The van der Waals surface area contributed by atoms with Gasteiger partial charge < -0.3 is 15.1 Å². The second-order valence-corrected chi connectivity index (χ2v) is 4.83. The average molecular weight is 294 g/mol. The van der Waals surface area contributed by atoms with Crippen LogP contribution >= 0.6 is 0 Å². The summed E-state index contributed by atoms with van der Waals surface area (Å²) < 4.78 is 0. The Bertz CT molecular complexity index is 517. The van der Waals surface area contributed by atoms with Crippen LogP contribution in [0, 0.1) is 10.1 Å². The molecule has 0 fully saturated rings. The Labute approximate surface area is 124 Å². The van der Waals surface area contributed by atoms with Gasteiger partial charge in [0.25, 0.3) is 5.69 Å². The third-order valence-corrected chi connectivity index (χ3v) is 3.07. The first kappa shape index (κ1) is 16.7. The maximum Gasteiger partial charge on any atom is 0.273 e. The molecule has 1 rings (SSSR count). The van der Waals surface area contributed by atoms with E-state index in [1.807, 2.05) is 24.8 Å². The molecule has 0 atom stereocenters. The van der Waals surface area contributed by atoms with Crippen LogP contribution in [0.15, 0.2) is 18.2 Å². The molecule has 0 saturated carbocycles. The van der Waals surface area contributed by atoms with Gasteiger partial charge in [0.15, 0.2) is 0 Å². The largest absolute Gasteiger partial charge is 0.385 e. The number of hydrogen-bond acceptors (Lipinski definition) is 5. The van der Waals surface area contributed by atoms with E-state index < -0.39 is 4.92 Å². The maximum absolute atomic E-state index is 11.8. The first-order valence-corrected chi connectivity index (χ1v) is 6.87. The summed E-state index contributed by atoms with van der Waals surface area (Å²) in [6, 6.07) is 4.81. The van der Waals surface area contributed by atoms with Gasteiger partial charge >= 0.3 is 0 Å². The predicted molar refractivity (Wildman–Crippen MR) is 83.8 cm³/mol. The Hall–Kier alpha value is -2.31. The normalized spacial score (nSPS) is 10.1. The summed E-state index contributed by atoms with van der Waals surface area (Å²) in [6.07, 6.45) is 0. The van der Waals surface area contributed by atoms with Crippen molar-refractivity contribution in [2.45, 2.75) is 13.8 Å². The Morgan fingerprint density at radius 2 is 1.95 bits per heavy atom. The minimum absolute atomic E-state index is 0.0132. The van der Waals surface area contributed by atoms with E-state index in [1.54, 1.807) is 14.1 Å². The van der Waals surface area contributed by atoms with Crippen molar-refractivity contribution in [3.05, 3.63) is 28.3 Å². The number of carbonyl (C=O) groups excluding carboxylic acids is 1. The number of amides is 1. The van der Waals surface area contributed by atoms with Gasteiger partial charge in [-0.1, -0.05) is 0 Å². The molecule has 0 bridgehead atoms. The molecule has 0 heterocycles. The lowest BCUT2D eigenvalue weighted by molar-refractivity contribution is -0.384. The van der Waals surface area contributed by atoms with Crippen molar-refractivity contribution >= 4 is 23.0 Å². The summed E-state index contributed by atoms with van der Waals surface area (Å²) in [6.45, 7) is 5.28. The zero-order valence-electron chi connectivity index (χ0n) is 12.9. The number of hydrogen-bond donors (Lipinski definition) is 1. The number of benzene rings is 1. The number of nitrogens with zero attached hydrogens (tertiary/aromatic N) is 3. The van der Waals surface area contributed by atoms with Gasteiger partial charge in [-0.05, 0) is 19.9 Å². The van der Waals surface area contributed by atoms with Crippen molar-refractivity contribution in [3.63, 3.8) is 0 Å². The molecule has 1 aromatic carbocycles. The van der Waals surface area contributed by atoms with Crippen LogP contribution in [0.25, 0.3) is 0 Å². The molecular weight excluding hydrogens is 272 g/mol. The van der Waals surface area contributed by atoms with Crippen molar-refractivity contribution < 1.29 is 9.72 Å². The highest BCUT2D eigenvalue weighted by Crippen LogP contribution is 2.27. The monoisotopic (exact) mass is 294 g/mol. The second kappa shape index (κ2) is 7.47. The number of nitrogens with one attached hydrogen (secondary N) is 1. The molecule has 7 heteroatoms. The van der Waals surface area contributed by atoms with Gasteiger partial charge in [-0.3, -0.25) is 14.9 Å². The van der Waals surface area contributed by atoms with E-state index in [0.717, 1.165) is 0 Å². The highest BCUT2D eigenvalue weighted by molar-refractivity contribution is 5.81. The van der Waals surface area contributed by atoms with E-state index in [4.69, 9.17) is 0 Å². The van der Waals surface area contributed by atoms with Crippen molar-refractivity contribution in [1.29, 1.82) is 0 Å². The Kier molecular flexibility index (Phi) is 5.95. The molecule has 0 radical (unpaired) electrons. The minimum atomic E-state index is -0.425. The summed E-state index contributed by atoms with van der Waals surface area (Å²) in [4.78, 5) is 25.8. The Morgan fingerprint density at radius 3 is 2.43 bits per heavy atom. The molecule has 116 valence electrons. The van der Waals surface area contributed by atoms with Crippen LogP contribution in [0.3, 0.4) is 0 Å². The number of likely N-dealkylation sites (N-methyl/N-ethyl adjacent to an activating group) is 2. The van der Waals surface area contributed by atoms with E-state index in [0.29, 0.717) is 24.5 Å². The molecule has 1 amide bonds. The van der Waals surface area contributed by atoms with Crippen LogP contribution < -0.4 is 10.2 Å². The molecule has 0 aliphatic heterocycles. The molecule has 0 aliphatic carbocycles. The van der Waals surface area contributed by atoms with E-state index in [-0.39, 0.29) is 18.1 Å². The van der Waals surface area contributed by atoms with Crippen molar-refractivity contribution in [1.82, 2.24) is 4.90 Å². The van der Waals surface area contributed by atoms with Crippen LogP contribution in [0.5, 0.6) is 0 Å². The van der Waals surface area contributed by atoms with Gasteiger partial charge in [-0.2, -0.15) is 0 Å². The van der Waals surface area contributed by atoms with Crippen LogP contribution in [0.1, 0.15) is 13.8 Å². The van der Waals surface area contributed by atoms with Crippen molar-refractivity contribution in [3.8, 4) is 0 Å². The van der Waals surface area contributed by atoms with Gasteiger partial charge in [0.05, 0.1) is 11.5 Å². The third-order valence-electron chi connectivity index (χ3n) is 3.07. The third kappa shape index (κ3) is 4.62. The number of rotatable bonds is 7. The lowest BCUT2D eigenvalue weighted by atomic mass is 10.2. The lowest BCUT2D eigenvalue weighted by Crippen LogP contribution is -2.36. The Balaban J connectivity index is 3.12. The summed E-state index contributed by atoms with van der Waals surface area (Å²) in [5, 5.41) is 14.1. The molecule has 0 saturated heterocycles. The number of nitro benzene ring substituents is 1. The maximum atomic E-state index is 11.8. The minimum Gasteiger partial charge on any atom is -0.385 e. The fraction of sp³-hybridized carbons (Fsp3) is 0.500. The molecule has 0 aliphatic rings. The summed E-state index contributed by atoms with van der Waals surface area (Å²) >= 11 is 0. The van der Waals surface area contributed by atoms with E-state index in [1.165, 1.54) is 17.0 Å². The van der Waals surface area contributed by atoms with Crippen molar-refractivity contribution in [2.75, 3.05) is 43.9 Å². The van der Waals surface area contributed by atoms with Gasteiger partial charge in [-0.25, -0.2) is 0 Å². The first-order valence-electron chi connectivity index (χ1n) is 6.87. The molecule has 1 aromatic rings. The first-order chi connectivity index (χ1) is 9.88. The standard InChI is InChI=1S/C14H22N4O3/c1-5-15-11-7-12(9-13(8-11)18(20)21)17(6-2)10-14(19)16(3)4/h7-9,15H,5-6,10H2,1-4H3. The topological polar surface area (TPSA) is 78.7 Å². The highest BCUT2D eigenvalue weighted by Gasteiger charge is 2.16. The van der Waals surface area contributed by atoms with Crippen LogP contribution in [0.2, 0.25) is 0 Å². The molecule has 0 unspecified atom stereocenters. The fourth-order valence-corrected chi connectivity index (χ4v) is 1.88. The van der Waals surface area contributed by atoms with Crippen LogP contribution in [-0.4, -0.2) is 49.5 Å². The average Bonchev–Trinajstić information content (AvgIpc) is 2.44. The zero-order chi connectivity index (χ0) is 16.0. The molecule has 0 spiro atoms. The molecule has 7 nitrogen and oxygen atoms in total. The SMILES string of the molecule is CCNc1cc(N(CC)CC(=O)N(C)C)cc([N+](=O)[O-])c1. The van der Waals surface area contributed by atoms with Gasteiger partial charge in [-0.15, -0.1) is 0 Å². The van der Waals surface area contributed by atoms with Crippen LogP contribution in [0.4, 0.5) is 17.1 Å². The molecular formula is C14H22N4O3. The Morgan fingerprint density at radius 1 is 1.29 bits per heavy atom. The molecule has 0 aromatic heterocycles. The van der Waals surface area contributed by atoms with Crippen LogP contribution in [-0.2, 0) is 4.79 Å². The van der Waals surface area contributed by atoms with Gasteiger partial charge in [0.1, 0.15) is 0 Å². The summed E-state index contributed by atoms with van der Waals surface area (Å²) in [5.41, 5.74) is 1.36. The second-order valence-electron chi connectivity index (χ2n) is 4.83. The predicted octanol–water partition coefficient (Wildman–Crippen LogP) is 1.94. The smallest absolute Gasteiger partial charge is 0.273 e. The highest BCUT2D eigenvalue weighted by atomic mass is 16.6. The molecule has 1 N–H and O–H groups in total. The van der Waals surface area contributed by atoms with E-state index in [2.05, 4.69) is 5.32 Å². The van der Waals surface area contributed by atoms with Gasteiger partial charge in [0, 0.05) is 50.7 Å². The fourth-order valence-electron chi connectivity index (χ4n) is 1.88. The van der Waals surface area contributed by atoms with Gasteiger partial charge in [0.2, 0.25) is 5.91 Å². The van der Waals surface area contributed by atoms with E-state index >= 15 is 0 Å². The number of carbonyl (C=O) groups is 1. The number of non-ortho nitro benzene ring substituents is 1. The summed E-state index contributed by atoms with van der Waals surface area (Å²) in [7, 11) is 3.38. The zero-order valence-corrected chi connectivity index (χ0v) is 12.9. The number of anilines is 2. The lowest BCUT2D eigenvalue weighted by Gasteiger charge is -2.24. The van der Waals surface area contributed by atoms with E-state index in [9.17, 15) is 14.9 Å².